The smallest absolute Gasteiger partial charge is 0.298 e. The number of benzene rings is 3. The number of carbonyl (C=O) groups is 2. The van der Waals surface area contributed by atoms with Crippen LogP contribution < -0.4 is 9.64 Å². The van der Waals surface area contributed by atoms with E-state index in [1.165, 1.54) is 12.1 Å². The number of thioether (sulfide) groups is 1. The van der Waals surface area contributed by atoms with E-state index in [1.807, 2.05) is 0 Å². The van der Waals surface area contributed by atoms with Gasteiger partial charge in [0.2, 0.25) is 0 Å². The van der Waals surface area contributed by atoms with Crippen LogP contribution in [-0.2, 0) is 11.4 Å². The van der Waals surface area contributed by atoms with Gasteiger partial charge in [-0.2, -0.15) is 0 Å². The normalized spacial score (nSPS) is 15.1. The molecule has 0 radical (unpaired) electrons. The predicted molar refractivity (Wildman–Crippen MR) is 125 cm³/mol. The van der Waals surface area contributed by atoms with E-state index in [2.05, 4.69) is 15.9 Å². The van der Waals surface area contributed by atoms with Crippen molar-refractivity contribution >= 4 is 62.2 Å². The second-order valence-electron chi connectivity index (χ2n) is 6.57. The highest BCUT2D eigenvalue weighted by Gasteiger charge is 2.37. The number of halogens is 3. The van der Waals surface area contributed by atoms with Gasteiger partial charge in [-0.05, 0) is 65.9 Å². The average molecular weight is 519 g/mol. The van der Waals surface area contributed by atoms with Gasteiger partial charge >= 0.3 is 0 Å². The van der Waals surface area contributed by atoms with Crippen LogP contribution in [0.25, 0.3) is 6.08 Å². The van der Waals surface area contributed by atoms with E-state index in [9.17, 15) is 14.0 Å². The van der Waals surface area contributed by atoms with Crippen molar-refractivity contribution in [2.45, 2.75) is 6.61 Å². The molecule has 1 heterocycles. The maximum absolute atomic E-state index is 13.4. The topological polar surface area (TPSA) is 46.6 Å². The Balaban J connectivity index is 1.62. The molecule has 1 aliphatic heterocycles. The van der Waals surface area contributed by atoms with Gasteiger partial charge in [0.25, 0.3) is 11.1 Å². The van der Waals surface area contributed by atoms with Gasteiger partial charge in [-0.3, -0.25) is 9.59 Å². The molecule has 0 aliphatic carbocycles. The minimum atomic E-state index is -0.459. The zero-order valence-corrected chi connectivity index (χ0v) is 19.0. The van der Waals surface area contributed by atoms with Crippen LogP contribution in [0.3, 0.4) is 0 Å². The molecule has 156 valence electrons. The lowest BCUT2D eigenvalue weighted by Gasteiger charge is -2.14. The van der Waals surface area contributed by atoms with Crippen LogP contribution in [0.15, 0.2) is 76.1 Å². The summed E-state index contributed by atoms with van der Waals surface area (Å²) in [6.45, 7) is 0.154. The van der Waals surface area contributed by atoms with Crippen LogP contribution >= 0.6 is 39.3 Å². The highest BCUT2D eigenvalue weighted by atomic mass is 79.9. The number of para-hydroxylation sites is 1. The van der Waals surface area contributed by atoms with Crippen molar-refractivity contribution in [1.82, 2.24) is 0 Å². The van der Waals surface area contributed by atoms with Crippen LogP contribution in [-0.4, -0.2) is 11.1 Å². The van der Waals surface area contributed by atoms with Gasteiger partial charge in [-0.1, -0.05) is 51.8 Å². The zero-order chi connectivity index (χ0) is 22.0. The van der Waals surface area contributed by atoms with Crippen molar-refractivity contribution in [3.63, 3.8) is 0 Å². The molecular weight excluding hydrogens is 505 g/mol. The van der Waals surface area contributed by atoms with Gasteiger partial charge in [-0.15, -0.1) is 0 Å². The van der Waals surface area contributed by atoms with E-state index < -0.39 is 11.1 Å². The van der Waals surface area contributed by atoms with E-state index in [0.717, 1.165) is 21.1 Å². The molecule has 0 spiro atoms. The van der Waals surface area contributed by atoms with Crippen molar-refractivity contribution in [3.05, 3.63) is 98.1 Å². The molecule has 2 amide bonds. The Kier molecular flexibility index (Phi) is 6.46. The Hall–Kier alpha value is -2.61. The summed E-state index contributed by atoms with van der Waals surface area (Å²) >= 11 is 10.4. The molecule has 1 saturated heterocycles. The number of nitrogens with zero attached hydrogens (tertiary/aromatic N) is 1. The number of carbonyl (C=O) groups excluding carboxylic acids is 2. The SMILES string of the molecule is O=C1S/C(=C\c2cc(Br)ccc2OCc2cccc(F)c2)C(=O)N1c1ccccc1Cl. The summed E-state index contributed by atoms with van der Waals surface area (Å²) in [7, 11) is 0. The number of rotatable bonds is 5. The number of hydrogen-bond acceptors (Lipinski definition) is 4. The van der Waals surface area contributed by atoms with Crippen LogP contribution in [0.4, 0.5) is 14.9 Å². The minimum Gasteiger partial charge on any atom is -0.488 e. The van der Waals surface area contributed by atoms with Gasteiger partial charge in [0.15, 0.2) is 0 Å². The molecule has 1 aliphatic rings. The van der Waals surface area contributed by atoms with Gasteiger partial charge in [0.1, 0.15) is 18.2 Å². The summed E-state index contributed by atoms with van der Waals surface area (Å²) in [5.41, 5.74) is 1.62. The highest BCUT2D eigenvalue weighted by Crippen LogP contribution is 2.39. The van der Waals surface area contributed by atoms with E-state index in [0.29, 0.717) is 27.6 Å². The molecule has 0 aromatic heterocycles. The molecule has 3 aromatic rings. The molecule has 0 atom stereocenters. The van der Waals surface area contributed by atoms with Crippen molar-refractivity contribution < 1.29 is 18.7 Å². The Morgan fingerprint density at radius 2 is 1.87 bits per heavy atom. The van der Waals surface area contributed by atoms with E-state index >= 15 is 0 Å². The number of hydrogen-bond donors (Lipinski definition) is 0. The van der Waals surface area contributed by atoms with Crippen molar-refractivity contribution in [1.29, 1.82) is 0 Å². The van der Waals surface area contributed by atoms with Crippen LogP contribution in [0.1, 0.15) is 11.1 Å². The molecule has 4 nitrogen and oxygen atoms in total. The van der Waals surface area contributed by atoms with Crippen molar-refractivity contribution in [2.75, 3.05) is 4.90 Å². The highest BCUT2D eigenvalue weighted by molar-refractivity contribution is 9.10. The lowest BCUT2D eigenvalue weighted by Crippen LogP contribution is -2.27. The lowest BCUT2D eigenvalue weighted by atomic mass is 10.1. The standard InChI is InChI=1S/C23H14BrClFNO3S/c24-16-8-9-20(30-13-14-4-3-5-17(26)10-14)15(11-16)12-21-22(28)27(23(29)31-21)19-7-2-1-6-18(19)25/h1-12H,13H2/b21-12-. The largest absolute Gasteiger partial charge is 0.488 e. The summed E-state index contributed by atoms with van der Waals surface area (Å²) in [5, 5.41) is -0.116. The molecule has 31 heavy (non-hydrogen) atoms. The van der Waals surface area contributed by atoms with Gasteiger partial charge in [0.05, 0.1) is 15.6 Å². The first-order valence-corrected chi connectivity index (χ1v) is 11.1. The number of ether oxygens (including phenoxy) is 1. The fourth-order valence-corrected chi connectivity index (χ4v) is 4.43. The first-order valence-electron chi connectivity index (χ1n) is 9.11. The Bertz CT molecular complexity index is 1220. The van der Waals surface area contributed by atoms with Crippen molar-refractivity contribution in [3.8, 4) is 5.75 Å². The summed E-state index contributed by atoms with van der Waals surface area (Å²) in [4.78, 5) is 26.8. The first kappa shape index (κ1) is 21.6. The van der Waals surface area contributed by atoms with Crippen LogP contribution in [0.5, 0.6) is 5.75 Å². The number of anilines is 1. The lowest BCUT2D eigenvalue weighted by molar-refractivity contribution is -0.113. The predicted octanol–water partition coefficient (Wildman–Crippen LogP) is 7.06. The first-order chi connectivity index (χ1) is 14.9. The molecule has 0 bridgehead atoms. The summed E-state index contributed by atoms with van der Waals surface area (Å²) in [5.74, 6) is -0.304. The molecule has 8 heteroatoms. The molecular formula is C23H14BrClFNO3S. The second-order valence-corrected chi connectivity index (χ2v) is 8.89. The van der Waals surface area contributed by atoms with E-state index in [1.54, 1.807) is 60.7 Å². The second kappa shape index (κ2) is 9.26. The number of amides is 2. The zero-order valence-electron chi connectivity index (χ0n) is 15.8. The molecule has 0 unspecified atom stereocenters. The maximum atomic E-state index is 13.4. The molecule has 1 fully saturated rings. The van der Waals surface area contributed by atoms with Gasteiger partial charge in [-0.25, -0.2) is 9.29 Å². The Labute approximate surface area is 195 Å². The van der Waals surface area contributed by atoms with Crippen molar-refractivity contribution in [2.24, 2.45) is 0 Å². The molecule has 0 saturated carbocycles. The van der Waals surface area contributed by atoms with E-state index in [4.69, 9.17) is 16.3 Å². The quantitative estimate of drug-likeness (QED) is 0.339. The van der Waals surface area contributed by atoms with Gasteiger partial charge < -0.3 is 4.74 Å². The van der Waals surface area contributed by atoms with Crippen LogP contribution in [0, 0.1) is 5.82 Å². The molecule has 4 rings (SSSR count). The fourth-order valence-electron chi connectivity index (χ4n) is 3.00. The maximum Gasteiger partial charge on any atom is 0.298 e. The summed E-state index contributed by atoms with van der Waals surface area (Å²) in [6, 6.07) is 18.1. The van der Waals surface area contributed by atoms with Gasteiger partial charge in [0, 0.05) is 10.0 Å². The third-order valence-corrected chi connectivity index (χ3v) is 6.11. The summed E-state index contributed by atoms with van der Waals surface area (Å²) < 4.78 is 20.1. The van der Waals surface area contributed by atoms with Crippen LogP contribution in [0.2, 0.25) is 5.02 Å². The third-order valence-electron chi connectivity index (χ3n) is 4.43. The Morgan fingerprint density at radius 3 is 2.65 bits per heavy atom. The number of imide groups is 1. The molecule has 3 aromatic carbocycles. The van der Waals surface area contributed by atoms with E-state index in [-0.39, 0.29) is 17.3 Å². The fraction of sp³-hybridized carbons (Fsp3) is 0.0435. The average Bonchev–Trinajstić information content (AvgIpc) is 3.01. The minimum absolute atomic E-state index is 0.154. The monoisotopic (exact) mass is 517 g/mol. The summed E-state index contributed by atoms with van der Waals surface area (Å²) in [6.07, 6.45) is 1.60. The molecule has 0 N–H and O–H groups in total. The third kappa shape index (κ3) is 4.84. The Morgan fingerprint density at radius 1 is 1.06 bits per heavy atom.